The molecular weight excluding hydrogens is 242 g/mol. The minimum atomic E-state index is -0.915. The zero-order chi connectivity index (χ0) is 13.7. The van der Waals surface area contributed by atoms with Crippen molar-refractivity contribution in [3.05, 3.63) is 65.2 Å². The molecule has 0 aliphatic heterocycles. The van der Waals surface area contributed by atoms with E-state index < -0.39 is 5.97 Å². The summed E-state index contributed by atoms with van der Waals surface area (Å²) in [6.07, 6.45) is 0. The summed E-state index contributed by atoms with van der Waals surface area (Å²) < 4.78 is 0. The van der Waals surface area contributed by atoms with Crippen LogP contribution in [-0.2, 0) is 13.1 Å². The van der Waals surface area contributed by atoms with Crippen molar-refractivity contribution in [3.63, 3.8) is 0 Å². The highest BCUT2D eigenvalue weighted by atomic mass is 16.4. The van der Waals surface area contributed by atoms with Gasteiger partial charge in [-0.1, -0.05) is 30.3 Å². The molecule has 0 heterocycles. The molecular formula is C15H15NO3. The van der Waals surface area contributed by atoms with Gasteiger partial charge < -0.3 is 15.5 Å². The smallest absolute Gasteiger partial charge is 0.336 e. The molecule has 2 aromatic carbocycles. The van der Waals surface area contributed by atoms with E-state index >= 15 is 0 Å². The van der Waals surface area contributed by atoms with E-state index in [2.05, 4.69) is 5.32 Å². The van der Waals surface area contributed by atoms with Crippen LogP contribution < -0.4 is 5.32 Å². The molecule has 19 heavy (non-hydrogen) atoms. The summed E-state index contributed by atoms with van der Waals surface area (Å²) in [6.45, 7) is 1.11. The number of benzene rings is 2. The van der Waals surface area contributed by atoms with E-state index in [0.29, 0.717) is 18.7 Å². The van der Waals surface area contributed by atoms with Crippen LogP contribution in [0.2, 0.25) is 0 Å². The van der Waals surface area contributed by atoms with Gasteiger partial charge in [-0.3, -0.25) is 0 Å². The van der Waals surface area contributed by atoms with Crippen molar-refractivity contribution in [3.8, 4) is 5.75 Å². The first-order valence-corrected chi connectivity index (χ1v) is 5.96. The summed E-state index contributed by atoms with van der Waals surface area (Å²) in [7, 11) is 0. The summed E-state index contributed by atoms with van der Waals surface area (Å²) in [4.78, 5) is 11.0. The molecule has 2 rings (SSSR count). The van der Waals surface area contributed by atoms with E-state index in [1.165, 1.54) is 0 Å². The third kappa shape index (κ3) is 3.56. The number of hydrogen-bond donors (Lipinski definition) is 3. The summed E-state index contributed by atoms with van der Waals surface area (Å²) in [5, 5.41) is 21.4. The minimum Gasteiger partial charge on any atom is -0.508 e. The van der Waals surface area contributed by atoms with E-state index in [4.69, 9.17) is 5.11 Å². The molecule has 0 unspecified atom stereocenters. The number of phenolic OH excluding ortho intramolecular Hbond substituents is 1. The minimum absolute atomic E-state index is 0.236. The second-order valence-electron chi connectivity index (χ2n) is 4.23. The molecule has 4 nitrogen and oxygen atoms in total. The van der Waals surface area contributed by atoms with Crippen LogP contribution in [0.25, 0.3) is 0 Å². The molecule has 0 saturated heterocycles. The van der Waals surface area contributed by atoms with Gasteiger partial charge in [-0.05, 0) is 29.3 Å². The first-order valence-electron chi connectivity index (χ1n) is 5.96. The highest BCUT2D eigenvalue weighted by Gasteiger charge is 2.07. The number of carboxylic acids is 1. The van der Waals surface area contributed by atoms with Crippen LogP contribution in [0.3, 0.4) is 0 Å². The number of rotatable bonds is 5. The van der Waals surface area contributed by atoms with Crippen LogP contribution in [0.4, 0.5) is 0 Å². The van der Waals surface area contributed by atoms with Crippen LogP contribution >= 0.6 is 0 Å². The van der Waals surface area contributed by atoms with Crippen molar-refractivity contribution < 1.29 is 15.0 Å². The van der Waals surface area contributed by atoms with Crippen LogP contribution in [0.15, 0.2) is 48.5 Å². The van der Waals surface area contributed by atoms with Crippen molar-refractivity contribution in [2.24, 2.45) is 0 Å². The third-order valence-corrected chi connectivity index (χ3v) is 2.83. The Hall–Kier alpha value is -2.33. The zero-order valence-electron chi connectivity index (χ0n) is 10.3. The molecule has 3 N–H and O–H groups in total. The normalized spacial score (nSPS) is 10.3. The number of carbonyl (C=O) groups is 1. The molecule has 0 fully saturated rings. The van der Waals surface area contributed by atoms with Gasteiger partial charge in [-0.2, -0.15) is 0 Å². The Bertz CT molecular complexity index is 564. The molecule has 0 spiro atoms. The molecule has 2 aromatic rings. The number of aromatic carboxylic acids is 1. The van der Waals surface area contributed by atoms with E-state index in [1.807, 2.05) is 18.2 Å². The van der Waals surface area contributed by atoms with Gasteiger partial charge >= 0.3 is 5.97 Å². The van der Waals surface area contributed by atoms with E-state index in [-0.39, 0.29) is 5.75 Å². The van der Waals surface area contributed by atoms with Crippen LogP contribution in [0.1, 0.15) is 21.5 Å². The number of aromatic hydroxyl groups is 1. The summed E-state index contributed by atoms with van der Waals surface area (Å²) >= 11 is 0. The number of carboxylic acid groups (broad SMARTS) is 1. The lowest BCUT2D eigenvalue weighted by atomic mass is 10.1. The first-order chi connectivity index (χ1) is 9.16. The average molecular weight is 257 g/mol. The highest BCUT2D eigenvalue weighted by Crippen LogP contribution is 2.11. The topological polar surface area (TPSA) is 69.6 Å². The molecule has 0 radical (unpaired) electrons. The van der Waals surface area contributed by atoms with Gasteiger partial charge in [0.1, 0.15) is 5.75 Å². The Kier molecular flexibility index (Phi) is 4.15. The fourth-order valence-corrected chi connectivity index (χ4v) is 1.84. The Labute approximate surface area is 111 Å². The lowest BCUT2D eigenvalue weighted by Crippen LogP contribution is -2.15. The first kappa shape index (κ1) is 13.1. The Morgan fingerprint density at radius 2 is 1.68 bits per heavy atom. The van der Waals surface area contributed by atoms with E-state index in [1.54, 1.807) is 30.3 Å². The monoisotopic (exact) mass is 257 g/mol. The van der Waals surface area contributed by atoms with Crippen LogP contribution in [-0.4, -0.2) is 16.2 Å². The highest BCUT2D eigenvalue weighted by molar-refractivity contribution is 5.89. The molecule has 0 aromatic heterocycles. The van der Waals surface area contributed by atoms with Crippen molar-refractivity contribution in [2.75, 3.05) is 0 Å². The second-order valence-corrected chi connectivity index (χ2v) is 4.23. The van der Waals surface area contributed by atoms with Gasteiger partial charge in [0.2, 0.25) is 0 Å². The van der Waals surface area contributed by atoms with Crippen LogP contribution in [0.5, 0.6) is 5.75 Å². The average Bonchev–Trinajstić information content (AvgIpc) is 2.41. The van der Waals surface area contributed by atoms with E-state index in [0.717, 1.165) is 11.1 Å². The summed E-state index contributed by atoms with van der Waals surface area (Å²) in [6, 6.07) is 13.8. The lowest BCUT2D eigenvalue weighted by Gasteiger charge is -2.08. The van der Waals surface area contributed by atoms with Gasteiger partial charge in [0.15, 0.2) is 0 Å². The fourth-order valence-electron chi connectivity index (χ4n) is 1.84. The van der Waals surface area contributed by atoms with Gasteiger partial charge in [-0.25, -0.2) is 4.79 Å². The Morgan fingerprint density at radius 3 is 2.37 bits per heavy atom. The predicted octanol–water partition coefficient (Wildman–Crippen LogP) is 2.38. The predicted molar refractivity (Wildman–Crippen MR) is 72.1 cm³/mol. The standard InChI is InChI=1S/C15H15NO3/c17-13-7-5-11(6-8-13)9-16-10-12-3-1-2-4-14(12)15(18)19/h1-8,16-17H,9-10H2,(H,18,19). The Morgan fingerprint density at radius 1 is 1.00 bits per heavy atom. The van der Waals surface area contributed by atoms with Crippen LogP contribution in [0, 0.1) is 0 Å². The maximum atomic E-state index is 11.0. The molecule has 0 aliphatic carbocycles. The summed E-state index contributed by atoms with van der Waals surface area (Å²) in [5.41, 5.74) is 2.11. The second kappa shape index (κ2) is 6.02. The molecule has 0 aliphatic rings. The number of phenols is 1. The van der Waals surface area contributed by atoms with Crippen molar-refractivity contribution >= 4 is 5.97 Å². The maximum absolute atomic E-state index is 11.0. The lowest BCUT2D eigenvalue weighted by molar-refractivity contribution is 0.0695. The van der Waals surface area contributed by atoms with Crippen molar-refractivity contribution in [2.45, 2.75) is 13.1 Å². The SMILES string of the molecule is O=C(O)c1ccccc1CNCc1ccc(O)cc1. The maximum Gasteiger partial charge on any atom is 0.336 e. The third-order valence-electron chi connectivity index (χ3n) is 2.83. The van der Waals surface area contributed by atoms with Gasteiger partial charge in [0, 0.05) is 13.1 Å². The molecule has 4 heteroatoms. The molecule has 0 atom stereocenters. The quantitative estimate of drug-likeness (QED) is 0.769. The van der Waals surface area contributed by atoms with Crippen molar-refractivity contribution in [1.82, 2.24) is 5.32 Å². The largest absolute Gasteiger partial charge is 0.508 e. The van der Waals surface area contributed by atoms with Gasteiger partial charge in [-0.15, -0.1) is 0 Å². The van der Waals surface area contributed by atoms with Gasteiger partial charge in [0.05, 0.1) is 5.56 Å². The molecule has 0 bridgehead atoms. The number of hydrogen-bond acceptors (Lipinski definition) is 3. The zero-order valence-corrected chi connectivity index (χ0v) is 10.3. The molecule has 0 amide bonds. The molecule has 0 saturated carbocycles. The Balaban J connectivity index is 1.96. The summed E-state index contributed by atoms with van der Waals surface area (Å²) in [5.74, 6) is -0.679. The molecule has 98 valence electrons. The fraction of sp³-hybridized carbons (Fsp3) is 0.133. The van der Waals surface area contributed by atoms with Crippen molar-refractivity contribution in [1.29, 1.82) is 0 Å². The van der Waals surface area contributed by atoms with E-state index in [9.17, 15) is 9.90 Å². The number of nitrogens with one attached hydrogen (secondary N) is 1. The van der Waals surface area contributed by atoms with Gasteiger partial charge in [0.25, 0.3) is 0 Å².